The molecule has 1 unspecified atom stereocenters. The van der Waals surface area contributed by atoms with Gasteiger partial charge in [-0.15, -0.1) is 0 Å². The van der Waals surface area contributed by atoms with E-state index in [0.29, 0.717) is 18.4 Å². The number of aliphatic carboxylic acids is 1. The number of hydrogen-bond donors (Lipinski definition) is 3. The van der Waals surface area contributed by atoms with Crippen LogP contribution in [-0.4, -0.2) is 27.4 Å². The summed E-state index contributed by atoms with van der Waals surface area (Å²) in [7, 11) is 0. The first kappa shape index (κ1) is 11.2. The van der Waals surface area contributed by atoms with E-state index in [1.807, 2.05) is 0 Å². The highest BCUT2D eigenvalue weighted by atomic mass is 35.5. The monoisotopic (exact) mass is 242 g/mol. The molecule has 1 saturated carbocycles. The van der Waals surface area contributed by atoms with Crippen LogP contribution in [0.2, 0.25) is 5.02 Å². The number of benzene rings is 1. The molecule has 16 heavy (non-hydrogen) atoms. The molecule has 0 spiro atoms. The third-order valence-corrected chi connectivity index (χ3v) is 3.37. The lowest BCUT2D eigenvalue weighted by Gasteiger charge is -2.19. The smallest absolute Gasteiger partial charge is 0.333 e. The van der Waals surface area contributed by atoms with E-state index in [1.165, 1.54) is 12.1 Å². The second kappa shape index (κ2) is 3.64. The fourth-order valence-corrected chi connectivity index (χ4v) is 2.09. The Morgan fingerprint density at radius 1 is 1.44 bits per heavy atom. The highest BCUT2D eigenvalue weighted by Gasteiger charge is 2.53. The van der Waals surface area contributed by atoms with E-state index in [-0.39, 0.29) is 10.8 Å². The zero-order valence-electron chi connectivity index (χ0n) is 8.35. The van der Waals surface area contributed by atoms with E-state index >= 15 is 0 Å². The largest absolute Gasteiger partial charge is 0.506 e. The Labute approximate surface area is 97.1 Å². The van der Waals surface area contributed by atoms with Crippen molar-refractivity contribution in [2.75, 3.05) is 0 Å². The van der Waals surface area contributed by atoms with E-state index in [4.69, 9.17) is 16.7 Å². The van der Waals surface area contributed by atoms with Crippen molar-refractivity contribution in [3.63, 3.8) is 0 Å². The molecule has 2 rings (SSSR count). The molecule has 5 heteroatoms. The normalized spacial score (nSPS) is 19.1. The Morgan fingerprint density at radius 2 is 2.06 bits per heavy atom. The van der Waals surface area contributed by atoms with Crippen molar-refractivity contribution < 1.29 is 20.1 Å². The summed E-state index contributed by atoms with van der Waals surface area (Å²) in [5.74, 6) is -1.28. The lowest BCUT2D eigenvalue weighted by molar-refractivity contribution is -0.148. The van der Waals surface area contributed by atoms with Crippen molar-refractivity contribution in [2.24, 2.45) is 0 Å². The highest BCUT2D eigenvalue weighted by Crippen LogP contribution is 2.52. The van der Waals surface area contributed by atoms with Crippen LogP contribution in [0.3, 0.4) is 0 Å². The Morgan fingerprint density at radius 3 is 2.50 bits per heavy atom. The molecule has 4 nitrogen and oxygen atoms in total. The first-order valence-electron chi connectivity index (χ1n) is 4.87. The number of aliphatic hydroxyl groups excluding tert-OH is 1. The number of hydrogen-bond acceptors (Lipinski definition) is 3. The maximum absolute atomic E-state index is 10.8. The van der Waals surface area contributed by atoms with Gasteiger partial charge in [0.05, 0.1) is 5.02 Å². The van der Waals surface area contributed by atoms with Crippen LogP contribution in [0.4, 0.5) is 0 Å². The number of rotatable bonds is 3. The molecule has 1 atom stereocenters. The van der Waals surface area contributed by atoms with Crippen molar-refractivity contribution in [3.05, 3.63) is 28.8 Å². The van der Waals surface area contributed by atoms with Gasteiger partial charge in [0.25, 0.3) is 0 Å². The maximum Gasteiger partial charge on any atom is 0.333 e. The van der Waals surface area contributed by atoms with Gasteiger partial charge in [-0.2, -0.15) is 0 Å². The van der Waals surface area contributed by atoms with Gasteiger partial charge in [-0.05, 0) is 30.5 Å². The second-order valence-electron chi connectivity index (χ2n) is 4.06. The van der Waals surface area contributed by atoms with Crippen molar-refractivity contribution >= 4 is 17.6 Å². The molecule has 1 aromatic rings. The Kier molecular flexibility index (Phi) is 2.56. The number of carboxylic acids is 1. The minimum Gasteiger partial charge on any atom is -0.506 e. The van der Waals surface area contributed by atoms with Crippen LogP contribution in [0.5, 0.6) is 5.75 Å². The van der Waals surface area contributed by atoms with E-state index in [9.17, 15) is 15.0 Å². The van der Waals surface area contributed by atoms with Gasteiger partial charge in [-0.1, -0.05) is 17.7 Å². The third kappa shape index (κ3) is 1.64. The van der Waals surface area contributed by atoms with Crippen LogP contribution >= 0.6 is 11.6 Å². The zero-order valence-corrected chi connectivity index (χ0v) is 9.11. The highest BCUT2D eigenvalue weighted by molar-refractivity contribution is 6.32. The van der Waals surface area contributed by atoms with Crippen molar-refractivity contribution in [2.45, 2.75) is 24.4 Å². The molecule has 1 aliphatic rings. The van der Waals surface area contributed by atoms with Crippen LogP contribution in [0.1, 0.15) is 18.4 Å². The van der Waals surface area contributed by atoms with Crippen LogP contribution < -0.4 is 0 Å². The van der Waals surface area contributed by atoms with Crippen LogP contribution in [0.15, 0.2) is 18.2 Å². The number of phenolic OH excluding ortho intramolecular Hbond substituents is 1. The zero-order chi connectivity index (χ0) is 11.9. The summed E-state index contributed by atoms with van der Waals surface area (Å²) in [6.45, 7) is 0. The molecule has 1 aromatic carbocycles. The van der Waals surface area contributed by atoms with Gasteiger partial charge in [-0.3, -0.25) is 0 Å². The van der Waals surface area contributed by atoms with Crippen molar-refractivity contribution in [1.29, 1.82) is 0 Å². The Bertz CT molecular complexity index is 440. The summed E-state index contributed by atoms with van der Waals surface area (Å²) in [6, 6.07) is 4.52. The predicted octanol–water partition coefficient (Wildman–Crippen LogP) is 1.52. The SMILES string of the molecule is O=C(O)C(O)C1(c2ccc(O)c(Cl)c2)CC1. The number of halogens is 1. The molecule has 86 valence electrons. The Hall–Kier alpha value is -1.26. The van der Waals surface area contributed by atoms with Crippen LogP contribution in [0.25, 0.3) is 0 Å². The molecule has 1 aliphatic carbocycles. The molecule has 1 fully saturated rings. The van der Waals surface area contributed by atoms with Gasteiger partial charge in [0.1, 0.15) is 5.75 Å². The minimum atomic E-state index is -1.42. The molecule has 0 saturated heterocycles. The minimum absolute atomic E-state index is 0.0500. The maximum atomic E-state index is 10.8. The molecule has 3 N–H and O–H groups in total. The van der Waals surface area contributed by atoms with Gasteiger partial charge < -0.3 is 15.3 Å². The van der Waals surface area contributed by atoms with E-state index < -0.39 is 17.5 Å². The van der Waals surface area contributed by atoms with Gasteiger partial charge in [0.15, 0.2) is 6.10 Å². The molecule has 0 bridgehead atoms. The topological polar surface area (TPSA) is 77.8 Å². The summed E-state index contributed by atoms with van der Waals surface area (Å²) in [6.07, 6.45) is -0.198. The summed E-state index contributed by atoms with van der Waals surface area (Å²) < 4.78 is 0. The molecule has 0 amide bonds. The Balaban J connectivity index is 2.37. The average molecular weight is 243 g/mol. The quantitative estimate of drug-likeness (QED) is 0.751. The summed E-state index contributed by atoms with van der Waals surface area (Å²) in [4.78, 5) is 10.8. The van der Waals surface area contributed by atoms with Crippen LogP contribution in [0, 0.1) is 0 Å². The van der Waals surface area contributed by atoms with Crippen LogP contribution in [-0.2, 0) is 10.2 Å². The number of aromatic hydroxyl groups is 1. The number of phenols is 1. The lowest BCUT2D eigenvalue weighted by Crippen LogP contribution is -2.33. The summed E-state index contributed by atoms with van der Waals surface area (Å²) >= 11 is 5.75. The first-order valence-corrected chi connectivity index (χ1v) is 5.25. The van der Waals surface area contributed by atoms with Crippen molar-refractivity contribution in [3.8, 4) is 5.75 Å². The third-order valence-electron chi connectivity index (χ3n) is 3.07. The molecular formula is C11H11ClO4. The summed E-state index contributed by atoms with van der Waals surface area (Å²) in [5, 5.41) is 27.9. The van der Waals surface area contributed by atoms with Crippen molar-refractivity contribution in [1.82, 2.24) is 0 Å². The number of carboxylic acid groups (broad SMARTS) is 1. The van der Waals surface area contributed by atoms with E-state index in [1.54, 1.807) is 6.07 Å². The molecule has 0 aliphatic heterocycles. The second-order valence-corrected chi connectivity index (χ2v) is 4.47. The number of carbonyl (C=O) groups is 1. The fourth-order valence-electron chi connectivity index (χ4n) is 1.91. The lowest BCUT2D eigenvalue weighted by atomic mass is 9.90. The summed E-state index contributed by atoms with van der Waals surface area (Å²) in [5.41, 5.74) is -0.0754. The van der Waals surface area contributed by atoms with E-state index in [0.717, 1.165) is 0 Å². The van der Waals surface area contributed by atoms with Gasteiger partial charge in [0.2, 0.25) is 0 Å². The fraction of sp³-hybridized carbons (Fsp3) is 0.364. The standard InChI is InChI=1S/C11H11ClO4/c12-7-5-6(1-2-8(7)13)11(3-4-11)9(14)10(15)16/h1-2,5,9,13-14H,3-4H2,(H,15,16). The average Bonchev–Trinajstić information content (AvgIpc) is 3.02. The van der Waals surface area contributed by atoms with Gasteiger partial charge >= 0.3 is 5.97 Å². The first-order chi connectivity index (χ1) is 7.47. The van der Waals surface area contributed by atoms with Gasteiger partial charge in [-0.25, -0.2) is 4.79 Å². The predicted molar refractivity (Wildman–Crippen MR) is 57.7 cm³/mol. The molecular weight excluding hydrogens is 232 g/mol. The molecule has 0 heterocycles. The molecule has 0 radical (unpaired) electrons. The van der Waals surface area contributed by atoms with Gasteiger partial charge in [0, 0.05) is 5.41 Å². The van der Waals surface area contributed by atoms with E-state index in [2.05, 4.69) is 0 Å². The number of aliphatic hydroxyl groups is 1. The molecule has 0 aromatic heterocycles.